The van der Waals surface area contributed by atoms with Crippen LogP contribution in [0.2, 0.25) is 0 Å². The Morgan fingerprint density at radius 2 is 1.94 bits per heavy atom. The summed E-state index contributed by atoms with van der Waals surface area (Å²) in [6.07, 6.45) is 1.97. The van der Waals surface area contributed by atoms with Crippen LogP contribution in [0.4, 0.5) is 0 Å². The summed E-state index contributed by atoms with van der Waals surface area (Å²) in [5, 5.41) is 3.02. The van der Waals surface area contributed by atoms with Gasteiger partial charge < -0.3 is 10.1 Å². The molecule has 0 saturated carbocycles. The van der Waals surface area contributed by atoms with Gasteiger partial charge >= 0.3 is 0 Å². The number of ether oxygens (including phenoxy) is 1. The van der Waals surface area contributed by atoms with Gasteiger partial charge in [0.15, 0.2) is 0 Å². The lowest BCUT2D eigenvalue weighted by Gasteiger charge is -2.13. The summed E-state index contributed by atoms with van der Waals surface area (Å²) >= 11 is 0. The maximum atomic E-state index is 11.6. The van der Waals surface area contributed by atoms with Crippen LogP contribution in [-0.4, -0.2) is 24.7 Å². The predicted octanol–water partition coefficient (Wildman–Crippen LogP) is 1.69. The maximum absolute atomic E-state index is 11.6. The van der Waals surface area contributed by atoms with E-state index in [1.54, 1.807) is 0 Å². The molecule has 0 aromatic heterocycles. The Bertz CT molecular complexity index is 376. The minimum atomic E-state index is -0.0171. The molecule has 1 amide bonds. The fraction of sp³-hybridized carbons (Fsp3) is 0.500. The van der Waals surface area contributed by atoms with Crippen LogP contribution in [0.5, 0.6) is 0 Å². The van der Waals surface area contributed by atoms with Crippen molar-refractivity contribution in [3.63, 3.8) is 0 Å². The zero-order chi connectivity index (χ0) is 12.3. The Labute approximate surface area is 102 Å². The molecular weight excluding hydrogens is 214 g/mol. The molecule has 3 heteroatoms. The summed E-state index contributed by atoms with van der Waals surface area (Å²) in [6.45, 7) is 4.02. The van der Waals surface area contributed by atoms with Crippen molar-refractivity contribution in [1.82, 2.24) is 5.32 Å². The van der Waals surface area contributed by atoms with Crippen molar-refractivity contribution in [2.75, 3.05) is 6.61 Å². The molecule has 0 saturated heterocycles. The number of carbonyl (C=O) groups excluding carboxylic acids is 1. The van der Waals surface area contributed by atoms with Gasteiger partial charge in [-0.3, -0.25) is 4.79 Å². The van der Waals surface area contributed by atoms with Gasteiger partial charge in [0.2, 0.25) is 5.91 Å². The summed E-state index contributed by atoms with van der Waals surface area (Å²) in [7, 11) is 0. The van der Waals surface area contributed by atoms with Crippen LogP contribution < -0.4 is 5.32 Å². The first-order chi connectivity index (χ1) is 8.15. The third-order valence-electron chi connectivity index (χ3n) is 2.96. The van der Waals surface area contributed by atoms with Gasteiger partial charge in [0.1, 0.15) is 6.61 Å². The summed E-state index contributed by atoms with van der Waals surface area (Å²) in [4.78, 5) is 11.6. The van der Waals surface area contributed by atoms with Crippen molar-refractivity contribution < 1.29 is 9.53 Å². The molecule has 0 unspecified atom stereocenters. The SMILES string of the molecule is CC(C)OCC(=O)NC1Cc2ccccc2C1. The lowest BCUT2D eigenvalue weighted by atomic mass is 10.1. The summed E-state index contributed by atoms with van der Waals surface area (Å²) in [5.41, 5.74) is 2.70. The minimum Gasteiger partial charge on any atom is -0.369 e. The Morgan fingerprint density at radius 3 is 2.47 bits per heavy atom. The van der Waals surface area contributed by atoms with E-state index >= 15 is 0 Å². The Morgan fingerprint density at radius 1 is 1.35 bits per heavy atom. The summed E-state index contributed by atoms with van der Waals surface area (Å²) < 4.78 is 5.28. The van der Waals surface area contributed by atoms with Crippen LogP contribution in [0.25, 0.3) is 0 Å². The lowest BCUT2D eigenvalue weighted by molar-refractivity contribution is -0.127. The monoisotopic (exact) mass is 233 g/mol. The molecule has 0 atom stereocenters. The van der Waals surface area contributed by atoms with Crippen LogP contribution in [0, 0.1) is 0 Å². The van der Waals surface area contributed by atoms with Gasteiger partial charge in [-0.25, -0.2) is 0 Å². The molecule has 1 aliphatic carbocycles. The van der Waals surface area contributed by atoms with Crippen molar-refractivity contribution >= 4 is 5.91 Å². The zero-order valence-electron chi connectivity index (χ0n) is 10.4. The van der Waals surface area contributed by atoms with E-state index in [1.807, 2.05) is 26.0 Å². The molecule has 1 aromatic carbocycles. The molecule has 1 N–H and O–H groups in total. The Balaban J connectivity index is 1.81. The topological polar surface area (TPSA) is 38.3 Å². The van der Waals surface area contributed by atoms with E-state index in [1.165, 1.54) is 11.1 Å². The number of amides is 1. The fourth-order valence-corrected chi connectivity index (χ4v) is 2.17. The van der Waals surface area contributed by atoms with Gasteiger partial charge in [0.25, 0.3) is 0 Å². The molecule has 0 spiro atoms. The average molecular weight is 233 g/mol. The van der Waals surface area contributed by atoms with Crippen molar-refractivity contribution in [3.05, 3.63) is 35.4 Å². The molecule has 0 fully saturated rings. The highest BCUT2D eigenvalue weighted by molar-refractivity contribution is 5.77. The van der Waals surface area contributed by atoms with E-state index in [2.05, 4.69) is 17.4 Å². The number of hydrogen-bond donors (Lipinski definition) is 1. The van der Waals surface area contributed by atoms with E-state index < -0.39 is 0 Å². The first kappa shape index (κ1) is 12.1. The van der Waals surface area contributed by atoms with E-state index in [0.717, 1.165) is 12.8 Å². The molecule has 17 heavy (non-hydrogen) atoms. The van der Waals surface area contributed by atoms with Gasteiger partial charge in [-0.2, -0.15) is 0 Å². The second kappa shape index (κ2) is 5.32. The smallest absolute Gasteiger partial charge is 0.246 e. The first-order valence-corrected chi connectivity index (χ1v) is 6.13. The Hall–Kier alpha value is -1.35. The van der Waals surface area contributed by atoms with E-state index in [9.17, 15) is 4.79 Å². The van der Waals surface area contributed by atoms with Crippen molar-refractivity contribution in [3.8, 4) is 0 Å². The highest BCUT2D eigenvalue weighted by Gasteiger charge is 2.22. The number of hydrogen-bond acceptors (Lipinski definition) is 2. The number of carbonyl (C=O) groups is 1. The molecule has 2 rings (SSSR count). The van der Waals surface area contributed by atoms with Crippen LogP contribution in [0.1, 0.15) is 25.0 Å². The third-order valence-corrected chi connectivity index (χ3v) is 2.96. The van der Waals surface area contributed by atoms with Gasteiger partial charge in [0, 0.05) is 6.04 Å². The molecule has 1 aliphatic rings. The third kappa shape index (κ3) is 3.30. The first-order valence-electron chi connectivity index (χ1n) is 6.13. The van der Waals surface area contributed by atoms with Crippen LogP contribution in [0.3, 0.4) is 0 Å². The van der Waals surface area contributed by atoms with Gasteiger partial charge in [-0.05, 0) is 37.8 Å². The molecular formula is C14H19NO2. The average Bonchev–Trinajstić information content (AvgIpc) is 2.68. The highest BCUT2D eigenvalue weighted by atomic mass is 16.5. The second-order valence-electron chi connectivity index (χ2n) is 4.80. The van der Waals surface area contributed by atoms with Crippen LogP contribution >= 0.6 is 0 Å². The largest absolute Gasteiger partial charge is 0.369 e. The molecule has 0 aliphatic heterocycles. The Kier molecular flexibility index (Phi) is 3.79. The molecule has 0 bridgehead atoms. The molecule has 92 valence electrons. The summed E-state index contributed by atoms with van der Waals surface area (Å²) in [5.74, 6) is -0.0171. The van der Waals surface area contributed by atoms with E-state index in [0.29, 0.717) is 0 Å². The number of rotatable bonds is 4. The standard InChI is InChI=1S/C14H19NO2/c1-10(2)17-9-14(16)15-13-7-11-5-3-4-6-12(11)8-13/h3-6,10,13H,7-9H2,1-2H3,(H,15,16). The molecule has 0 heterocycles. The second-order valence-corrected chi connectivity index (χ2v) is 4.80. The van der Waals surface area contributed by atoms with E-state index in [4.69, 9.17) is 4.74 Å². The predicted molar refractivity (Wildman–Crippen MR) is 66.9 cm³/mol. The number of nitrogens with one attached hydrogen (secondary N) is 1. The fourth-order valence-electron chi connectivity index (χ4n) is 2.17. The number of fused-ring (bicyclic) bond motifs is 1. The van der Waals surface area contributed by atoms with E-state index in [-0.39, 0.29) is 24.7 Å². The van der Waals surface area contributed by atoms with Crippen LogP contribution in [-0.2, 0) is 22.4 Å². The normalized spacial score (nSPS) is 15.0. The zero-order valence-corrected chi connectivity index (χ0v) is 10.4. The molecule has 3 nitrogen and oxygen atoms in total. The van der Waals surface area contributed by atoms with Crippen molar-refractivity contribution in [1.29, 1.82) is 0 Å². The quantitative estimate of drug-likeness (QED) is 0.859. The molecule has 0 radical (unpaired) electrons. The van der Waals surface area contributed by atoms with Gasteiger partial charge in [-0.1, -0.05) is 24.3 Å². The van der Waals surface area contributed by atoms with Gasteiger partial charge in [0.05, 0.1) is 6.10 Å². The van der Waals surface area contributed by atoms with Gasteiger partial charge in [-0.15, -0.1) is 0 Å². The highest BCUT2D eigenvalue weighted by Crippen LogP contribution is 2.21. The van der Waals surface area contributed by atoms with Crippen molar-refractivity contribution in [2.24, 2.45) is 0 Å². The molecule has 1 aromatic rings. The maximum Gasteiger partial charge on any atom is 0.246 e. The minimum absolute atomic E-state index is 0.0171. The lowest BCUT2D eigenvalue weighted by Crippen LogP contribution is -2.38. The van der Waals surface area contributed by atoms with Crippen LogP contribution in [0.15, 0.2) is 24.3 Å². The summed E-state index contributed by atoms with van der Waals surface area (Å²) in [6, 6.07) is 8.59. The van der Waals surface area contributed by atoms with Crippen molar-refractivity contribution in [2.45, 2.75) is 38.8 Å². The number of benzene rings is 1.